The Labute approximate surface area is 154 Å². The number of hydrogen-bond donors (Lipinski definition) is 2. The third-order valence-electron chi connectivity index (χ3n) is 3.67. The standard InChI is InChI=1S/C19H16FN3O2S/c1-12-10-18(21-16-5-3-2-4-15(12)16)26-11-17(24)22-23-19(25)13-6-8-14(20)9-7-13/h2-10H,11H2,1H3,(H,22,24)(H,23,25). The van der Waals surface area contributed by atoms with Gasteiger partial charge in [0, 0.05) is 10.9 Å². The van der Waals surface area contributed by atoms with E-state index in [2.05, 4.69) is 15.8 Å². The summed E-state index contributed by atoms with van der Waals surface area (Å²) in [7, 11) is 0. The predicted molar refractivity (Wildman–Crippen MR) is 99.2 cm³/mol. The number of para-hydroxylation sites is 1. The monoisotopic (exact) mass is 369 g/mol. The highest BCUT2D eigenvalue weighted by Gasteiger charge is 2.09. The van der Waals surface area contributed by atoms with Crippen molar-refractivity contribution in [3.05, 3.63) is 71.5 Å². The minimum absolute atomic E-state index is 0.106. The van der Waals surface area contributed by atoms with Crippen LogP contribution in [-0.4, -0.2) is 22.6 Å². The van der Waals surface area contributed by atoms with Gasteiger partial charge in [-0.25, -0.2) is 9.37 Å². The van der Waals surface area contributed by atoms with Gasteiger partial charge in [0.25, 0.3) is 5.91 Å². The number of thioether (sulfide) groups is 1. The van der Waals surface area contributed by atoms with Gasteiger partial charge in [-0.15, -0.1) is 0 Å². The summed E-state index contributed by atoms with van der Waals surface area (Å²) in [5.74, 6) is -1.20. The highest BCUT2D eigenvalue weighted by Crippen LogP contribution is 2.23. The molecule has 0 aliphatic rings. The molecule has 26 heavy (non-hydrogen) atoms. The topological polar surface area (TPSA) is 71.1 Å². The smallest absolute Gasteiger partial charge is 0.269 e. The summed E-state index contributed by atoms with van der Waals surface area (Å²) < 4.78 is 12.8. The minimum atomic E-state index is -0.511. The maximum absolute atomic E-state index is 12.8. The predicted octanol–water partition coefficient (Wildman–Crippen LogP) is 3.24. The average molecular weight is 369 g/mol. The Morgan fingerprint density at radius 1 is 1.08 bits per heavy atom. The van der Waals surface area contributed by atoms with Gasteiger partial charge >= 0.3 is 0 Å². The molecular formula is C19H16FN3O2S. The first-order valence-corrected chi connectivity index (χ1v) is 8.85. The Morgan fingerprint density at radius 2 is 1.81 bits per heavy atom. The van der Waals surface area contributed by atoms with Gasteiger partial charge in [0.2, 0.25) is 5.91 Å². The molecule has 2 amide bonds. The minimum Gasteiger partial charge on any atom is -0.272 e. The number of carbonyl (C=O) groups is 2. The number of hydrazine groups is 1. The molecule has 0 saturated carbocycles. The van der Waals surface area contributed by atoms with Gasteiger partial charge in [-0.1, -0.05) is 30.0 Å². The molecule has 0 spiro atoms. The molecule has 0 bridgehead atoms. The fourth-order valence-electron chi connectivity index (χ4n) is 2.37. The molecule has 0 aliphatic heterocycles. The number of fused-ring (bicyclic) bond motifs is 1. The van der Waals surface area contributed by atoms with E-state index in [4.69, 9.17) is 0 Å². The van der Waals surface area contributed by atoms with E-state index in [1.54, 1.807) is 0 Å². The Kier molecular flexibility index (Phi) is 5.48. The number of amides is 2. The van der Waals surface area contributed by atoms with E-state index in [-0.39, 0.29) is 17.2 Å². The molecule has 2 aromatic carbocycles. The first-order chi connectivity index (χ1) is 12.5. The lowest BCUT2D eigenvalue weighted by Crippen LogP contribution is -2.42. The number of nitrogens with one attached hydrogen (secondary N) is 2. The second-order valence-corrected chi connectivity index (χ2v) is 6.59. The van der Waals surface area contributed by atoms with E-state index in [1.165, 1.54) is 36.0 Å². The van der Waals surface area contributed by atoms with E-state index in [1.807, 2.05) is 37.3 Å². The lowest BCUT2D eigenvalue weighted by molar-refractivity contribution is -0.119. The number of halogens is 1. The summed E-state index contributed by atoms with van der Waals surface area (Å²) in [6.45, 7) is 2.00. The highest BCUT2D eigenvalue weighted by atomic mass is 32.2. The molecule has 5 nitrogen and oxygen atoms in total. The quantitative estimate of drug-likeness (QED) is 0.547. The van der Waals surface area contributed by atoms with Crippen molar-refractivity contribution in [1.82, 2.24) is 15.8 Å². The highest BCUT2D eigenvalue weighted by molar-refractivity contribution is 7.99. The molecule has 2 N–H and O–H groups in total. The molecule has 132 valence electrons. The Hall–Kier alpha value is -2.93. The van der Waals surface area contributed by atoms with Gasteiger partial charge in [-0.05, 0) is 48.9 Å². The summed E-state index contributed by atoms with van der Waals surface area (Å²) in [4.78, 5) is 28.3. The number of rotatable bonds is 4. The van der Waals surface area contributed by atoms with Crippen molar-refractivity contribution in [3.63, 3.8) is 0 Å². The molecule has 0 atom stereocenters. The van der Waals surface area contributed by atoms with Crippen LogP contribution in [0.5, 0.6) is 0 Å². The van der Waals surface area contributed by atoms with Crippen LogP contribution in [0.25, 0.3) is 10.9 Å². The first kappa shape index (κ1) is 17.9. The van der Waals surface area contributed by atoms with Crippen LogP contribution >= 0.6 is 11.8 Å². The first-order valence-electron chi connectivity index (χ1n) is 7.87. The van der Waals surface area contributed by atoms with E-state index in [9.17, 15) is 14.0 Å². The largest absolute Gasteiger partial charge is 0.272 e. The van der Waals surface area contributed by atoms with Crippen molar-refractivity contribution in [2.75, 3.05) is 5.75 Å². The molecule has 1 aromatic heterocycles. The van der Waals surface area contributed by atoms with Crippen molar-refractivity contribution in [2.45, 2.75) is 11.9 Å². The van der Waals surface area contributed by atoms with E-state index in [0.29, 0.717) is 0 Å². The summed E-state index contributed by atoms with van der Waals surface area (Å²) in [5.41, 5.74) is 6.85. The molecule has 3 aromatic rings. The van der Waals surface area contributed by atoms with Crippen molar-refractivity contribution in [3.8, 4) is 0 Å². The molecule has 7 heteroatoms. The van der Waals surface area contributed by atoms with Crippen molar-refractivity contribution < 1.29 is 14.0 Å². The number of hydrogen-bond acceptors (Lipinski definition) is 4. The van der Waals surface area contributed by atoms with Crippen LogP contribution in [-0.2, 0) is 4.79 Å². The Balaban J connectivity index is 1.54. The third kappa shape index (κ3) is 4.37. The second kappa shape index (κ2) is 7.97. The Bertz CT molecular complexity index is 961. The lowest BCUT2D eigenvalue weighted by Gasteiger charge is -2.08. The van der Waals surface area contributed by atoms with Gasteiger partial charge in [0.1, 0.15) is 5.82 Å². The molecule has 0 aliphatic carbocycles. The van der Waals surface area contributed by atoms with Crippen molar-refractivity contribution >= 4 is 34.5 Å². The lowest BCUT2D eigenvalue weighted by atomic mass is 10.1. The van der Waals surface area contributed by atoms with Gasteiger partial charge < -0.3 is 0 Å². The molecule has 0 radical (unpaired) electrons. The normalized spacial score (nSPS) is 10.5. The van der Waals surface area contributed by atoms with Crippen LogP contribution in [0.3, 0.4) is 0 Å². The van der Waals surface area contributed by atoms with Crippen LogP contribution < -0.4 is 10.9 Å². The molecule has 3 rings (SSSR count). The van der Waals surface area contributed by atoms with E-state index >= 15 is 0 Å². The zero-order chi connectivity index (χ0) is 18.5. The number of aromatic nitrogens is 1. The SMILES string of the molecule is Cc1cc(SCC(=O)NNC(=O)c2ccc(F)cc2)nc2ccccc12. The van der Waals surface area contributed by atoms with Crippen LogP contribution in [0.1, 0.15) is 15.9 Å². The number of carbonyl (C=O) groups excluding carboxylic acids is 2. The van der Waals surface area contributed by atoms with Gasteiger partial charge in [-0.2, -0.15) is 0 Å². The fourth-order valence-corrected chi connectivity index (χ4v) is 3.14. The molecular weight excluding hydrogens is 353 g/mol. The summed E-state index contributed by atoms with van der Waals surface area (Å²) >= 11 is 1.28. The number of benzene rings is 2. The zero-order valence-corrected chi connectivity index (χ0v) is 14.8. The number of pyridine rings is 1. The van der Waals surface area contributed by atoms with Gasteiger partial charge in [0.05, 0.1) is 16.3 Å². The van der Waals surface area contributed by atoms with Crippen LogP contribution in [0.15, 0.2) is 59.6 Å². The maximum Gasteiger partial charge on any atom is 0.269 e. The van der Waals surface area contributed by atoms with Gasteiger partial charge in [-0.3, -0.25) is 20.4 Å². The second-order valence-electron chi connectivity index (χ2n) is 5.59. The maximum atomic E-state index is 12.8. The third-order valence-corrected chi connectivity index (χ3v) is 4.58. The van der Waals surface area contributed by atoms with Crippen molar-refractivity contribution in [1.29, 1.82) is 0 Å². The van der Waals surface area contributed by atoms with Gasteiger partial charge in [0.15, 0.2) is 0 Å². The molecule has 0 saturated heterocycles. The van der Waals surface area contributed by atoms with Crippen LogP contribution in [0.4, 0.5) is 4.39 Å². The summed E-state index contributed by atoms with van der Waals surface area (Å²) in [6, 6.07) is 14.8. The fraction of sp³-hybridized carbons (Fsp3) is 0.105. The van der Waals surface area contributed by atoms with Crippen molar-refractivity contribution in [2.24, 2.45) is 0 Å². The summed E-state index contributed by atoms with van der Waals surface area (Å²) in [6.07, 6.45) is 0. The molecule has 0 fully saturated rings. The summed E-state index contributed by atoms with van der Waals surface area (Å²) in [5, 5.41) is 1.81. The average Bonchev–Trinajstić information content (AvgIpc) is 2.65. The molecule has 0 unspecified atom stereocenters. The van der Waals surface area contributed by atoms with E-state index in [0.717, 1.165) is 21.5 Å². The zero-order valence-electron chi connectivity index (χ0n) is 14.0. The van der Waals surface area contributed by atoms with Crippen LogP contribution in [0.2, 0.25) is 0 Å². The van der Waals surface area contributed by atoms with Crippen LogP contribution in [0, 0.1) is 12.7 Å². The van der Waals surface area contributed by atoms with E-state index < -0.39 is 11.7 Å². The number of nitrogens with zero attached hydrogens (tertiary/aromatic N) is 1. The number of aryl methyl sites for hydroxylation is 1. The molecule has 1 heterocycles. The Morgan fingerprint density at radius 3 is 2.58 bits per heavy atom.